The van der Waals surface area contributed by atoms with Gasteiger partial charge in [0.15, 0.2) is 0 Å². The molecule has 0 amide bonds. The van der Waals surface area contributed by atoms with Crippen molar-refractivity contribution in [3.8, 4) is 34.1 Å². The third-order valence-corrected chi connectivity index (χ3v) is 11.5. The van der Waals surface area contributed by atoms with Crippen LogP contribution in [0.25, 0.3) is 32.7 Å². The maximum Gasteiger partial charge on any atom is 0.261 e. The van der Waals surface area contributed by atoms with E-state index in [1.54, 1.807) is 0 Å². The van der Waals surface area contributed by atoms with E-state index in [0.717, 1.165) is 51.1 Å². The van der Waals surface area contributed by atoms with Gasteiger partial charge < -0.3 is 14.4 Å². The summed E-state index contributed by atoms with van der Waals surface area (Å²) in [6, 6.07) is 54.9. The summed E-state index contributed by atoms with van der Waals surface area (Å²) in [4.78, 5) is 2.33. The number of para-hydroxylation sites is 2. The molecule has 0 N–H and O–H groups in total. The number of rotatable bonds is 3. The fraction of sp³-hybridized carbons (Fsp3) is 0.0833. The van der Waals surface area contributed by atoms with E-state index in [-0.39, 0.29) is 12.1 Å². The molecule has 4 heteroatoms. The maximum absolute atomic E-state index is 6.87. The lowest BCUT2D eigenvalue weighted by Gasteiger charge is -2.35. The highest BCUT2D eigenvalue weighted by molar-refractivity contribution is 6.99. The molecule has 11 rings (SSSR count). The van der Waals surface area contributed by atoms with Crippen molar-refractivity contribution in [1.29, 1.82) is 0 Å². The van der Waals surface area contributed by atoms with Crippen LogP contribution in [-0.4, -0.2) is 6.71 Å². The molecule has 0 unspecified atom stereocenters. The highest BCUT2D eigenvalue weighted by atomic mass is 16.5. The van der Waals surface area contributed by atoms with Gasteiger partial charge in [-0.3, -0.25) is 0 Å². The van der Waals surface area contributed by atoms with Crippen LogP contribution in [-0.2, 0) is 5.41 Å². The van der Waals surface area contributed by atoms with Gasteiger partial charge in [0.05, 0.1) is 0 Å². The van der Waals surface area contributed by atoms with Gasteiger partial charge in [-0.1, -0.05) is 105 Å². The van der Waals surface area contributed by atoms with Crippen molar-refractivity contribution in [3.05, 3.63) is 168 Å². The van der Waals surface area contributed by atoms with E-state index in [0.29, 0.717) is 0 Å². The number of ether oxygens (including phenoxy) is 2. The van der Waals surface area contributed by atoms with Gasteiger partial charge in [-0.25, -0.2) is 0 Å². The normalized spacial score (nSPS) is 14.1. The highest BCUT2D eigenvalue weighted by Crippen LogP contribution is 2.53. The van der Waals surface area contributed by atoms with Gasteiger partial charge in [-0.2, -0.15) is 0 Å². The Labute approximate surface area is 303 Å². The summed E-state index contributed by atoms with van der Waals surface area (Å²) in [6.45, 7) is 6.88. The Hall–Kier alpha value is -6.26. The fourth-order valence-corrected chi connectivity index (χ4v) is 9.28. The van der Waals surface area contributed by atoms with Crippen molar-refractivity contribution in [2.24, 2.45) is 0 Å². The van der Waals surface area contributed by atoms with Crippen LogP contribution in [0.3, 0.4) is 0 Å². The minimum absolute atomic E-state index is 0.00438. The standard InChI is InChI=1S/C48H34BNO2/c1-29-24-43-47-44(25-29)52-42-27-38-37-21-18-31-26-34(50(32-13-6-4-7-14-32)33-15-8-5-9-16-33)20-22-35(31)45(37)48(2,3)39(38)28-40(42)49(47)46-36-17-11-10-12-30(36)19-23-41(46)51-43/h4-28H,1-3H3. The monoisotopic (exact) mass is 667 g/mol. The Morgan fingerprint density at radius 2 is 1.17 bits per heavy atom. The summed E-state index contributed by atoms with van der Waals surface area (Å²) in [6.07, 6.45) is 0. The molecule has 1 aliphatic carbocycles. The van der Waals surface area contributed by atoms with Crippen molar-refractivity contribution in [2.45, 2.75) is 26.2 Å². The minimum Gasteiger partial charge on any atom is -0.458 e. The number of fused-ring (bicyclic) bond motifs is 11. The van der Waals surface area contributed by atoms with E-state index < -0.39 is 0 Å². The average Bonchev–Trinajstić information content (AvgIpc) is 3.39. The van der Waals surface area contributed by atoms with Crippen molar-refractivity contribution in [3.63, 3.8) is 0 Å². The second-order valence-electron chi connectivity index (χ2n) is 15.0. The number of benzene rings is 8. The zero-order valence-corrected chi connectivity index (χ0v) is 29.3. The molecule has 0 saturated heterocycles. The molecule has 0 aromatic heterocycles. The Morgan fingerprint density at radius 3 is 1.92 bits per heavy atom. The largest absolute Gasteiger partial charge is 0.458 e. The quantitative estimate of drug-likeness (QED) is 0.175. The van der Waals surface area contributed by atoms with Crippen molar-refractivity contribution in [1.82, 2.24) is 0 Å². The highest BCUT2D eigenvalue weighted by Gasteiger charge is 2.45. The maximum atomic E-state index is 6.87. The molecule has 0 saturated carbocycles. The second kappa shape index (κ2) is 10.6. The summed E-state index contributed by atoms with van der Waals surface area (Å²) in [5, 5.41) is 4.95. The van der Waals surface area contributed by atoms with Gasteiger partial charge in [-0.05, 0) is 128 Å². The molecule has 3 nitrogen and oxygen atoms in total. The number of hydrogen-bond acceptors (Lipinski definition) is 3. The average molecular weight is 668 g/mol. The summed E-state index contributed by atoms with van der Waals surface area (Å²) in [7, 11) is 0. The van der Waals surface area contributed by atoms with E-state index in [1.165, 1.54) is 54.7 Å². The third-order valence-electron chi connectivity index (χ3n) is 11.5. The van der Waals surface area contributed by atoms with E-state index >= 15 is 0 Å². The number of anilines is 3. The molecule has 246 valence electrons. The number of nitrogens with zero attached hydrogens (tertiary/aromatic N) is 1. The van der Waals surface area contributed by atoms with Gasteiger partial charge >= 0.3 is 0 Å². The molecule has 0 atom stereocenters. The van der Waals surface area contributed by atoms with E-state index in [4.69, 9.17) is 9.47 Å². The molecule has 2 heterocycles. The van der Waals surface area contributed by atoms with Crippen LogP contribution in [0.4, 0.5) is 17.1 Å². The van der Waals surface area contributed by atoms with Crippen LogP contribution in [0.15, 0.2) is 152 Å². The predicted octanol–water partition coefficient (Wildman–Crippen LogP) is 10.8. The summed E-state index contributed by atoms with van der Waals surface area (Å²) in [5.41, 5.74) is 13.1. The Balaban J connectivity index is 1.09. The van der Waals surface area contributed by atoms with Crippen LogP contribution < -0.4 is 30.8 Å². The summed E-state index contributed by atoms with van der Waals surface area (Å²) < 4.78 is 13.5. The van der Waals surface area contributed by atoms with Crippen LogP contribution in [0.2, 0.25) is 0 Å². The molecule has 0 radical (unpaired) electrons. The van der Waals surface area contributed by atoms with Gasteiger partial charge in [0.1, 0.15) is 23.0 Å². The Morgan fingerprint density at radius 1 is 0.500 bits per heavy atom. The van der Waals surface area contributed by atoms with Crippen LogP contribution in [0, 0.1) is 6.92 Å². The molecular formula is C48H34BNO2. The first-order valence-electron chi connectivity index (χ1n) is 18.1. The molecule has 0 spiro atoms. The lowest BCUT2D eigenvalue weighted by atomic mass is 9.34. The van der Waals surface area contributed by atoms with Crippen LogP contribution in [0.5, 0.6) is 23.0 Å². The third kappa shape index (κ3) is 4.09. The lowest BCUT2D eigenvalue weighted by Crippen LogP contribution is -2.57. The predicted molar refractivity (Wildman–Crippen MR) is 216 cm³/mol. The first-order chi connectivity index (χ1) is 25.4. The van der Waals surface area contributed by atoms with E-state index in [2.05, 4.69) is 177 Å². The molecule has 8 aromatic rings. The van der Waals surface area contributed by atoms with E-state index in [9.17, 15) is 0 Å². The molecular weight excluding hydrogens is 633 g/mol. The molecule has 2 aliphatic heterocycles. The minimum atomic E-state index is -0.234. The first kappa shape index (κ1) is 29.5. The molecule has 0 bridgehead atoms. The van der Waals surface area contributed by atoms with E-state index in [1.807, 2.05) is 0 Å². The van der Waals surface area contributed by atoms with Gasteiger partial charge in [-0.15, -0.1) is 0 Å². The van der Waals surface area contributed by atoms with Crippen molar-refractivity contribution >= 4 is 61.7 Å². The van der Waals surface area contributed by atoms with Crippen LogP contribution in [0.1, 0.15) is 30.5 Å². The number of hydrogen-bond donors (Lipinski definition) is 0. The Bertz CT molecular complexity index is 2750. The second-order valence-corrected chi connectivity index (χ2v) is 15.0. The van der Waals surface area contributed by atoms with Crippen molar-refractivity contribution in [2.75, 3.05) is 4.90 Å². The smallest absolute Gasteiger partial charge is 0.261 e. The van der Waals surface area contributed by atoms with Gasteiger partial charge in [0.25, 0.3) is 6.71 Å². The Kier molecular flexibility index (Phi) is 6.03. The van der Waals surface area contributed by atoms with Crippen LogP contribution >= 0.6 is 0 Å². The topological polar surface area (TPSA) is 21.7 Å². The zero-order valence-electron chi connectivity index (χ0n) is 29.3. The molecule has 0 fully saturated rings. The number of aryl methyl sites for hydroxylation is 1. The SMILES string of the molecule is Cc1cc2c3c(c1)Oc1ccc4ccccc4c1B3c1cc3c(cc1O2)-c1ccc2cc(N(c4ccccc4)c4ccccc4)ccc2c1C3(C)C. The molecule has 3 aliphatic rings. The van der Waals surface area contributed by atoms with Gasteiger partial charge in [0, 0.05) is 27.9 Å². The first-order valence-corrected chi connectivity index (χ1v) is 18.1. The molecule has 52 heavy (non-hydrogen) atoms. The summed E-state index contributed by atoms with van der Waals surface area (Å²) >= 11 is 0. The summed E-state index contributed by atoms with van der Waals surface area (Å²) in [5.74, 6) is 3.62. The zero-order chi connectivity index (χ0) is 34.7. The van der Waals surface area contributed by atoms with Crippen molar-refractivity contribution < 1.29 is 9.47 Å². The fourth-order valence-electron chi connectivity index (χ4n) is 9.28. The lowest BCUT2D eigenvalue weighted by molar-refractivity contribution is 0.464. The molecule has 8 aromatic carbocycles. The van der Waals surface area contributed by atoms with Gasteiger partial charge in [0.2, 0.25) is 0 Å².